The molecule has 0 radical (unpaired) electrons. The number of imidazole rings is 1. The first-order valence-electron chi connectivity index (χ1n) is 10.3. The highest BCUT2D eigenvalue weighted by Gasteiger charge is 2.35. The Morgan fingerprint density at radius 2 is 1.83 bits per heavy atom. The van der Waals surface area contributed by atoms with Crippen LogP contribution in [-0.4, -0.2) is 45.9 Å². The summed E-state index contributed by atoms with van der Waals surface area (Å²) in [6, 6.07) is 15.6. The van der Waals surface area contributed by atoms with Crippen LogP contribution in [-0.2, 0) is 16.1 Å². The number of benzene rings is 2. The van der Waals surface area contributed by atoms with Crippen LogP contribution >= 0.6 is 15.9 Å². The zero-order valence-corrected chi connectivity index (χ0v) is 18.8. The van der Waals surface area contributed by atoms with Crippen LogP contribution < -0.4 is 4.90 Å². The number of para-hydroxylation sites is 3. The zero-order valence-electron chi connectivity index (χ0n) is 17.2. The molecule has 30 heavy (non-hydrogen) atoms. The van der Waals surface area contributed by atoms with E-state index >= 15 is 0 Å². The van der Waals surface area contributed by atoms with Crippen molar-refractivity contribution >= 4 is 44.5 Å². The second-order valence-electron chi connectivity index (χ2n) is 7.47. The molecule has 2 aromatic carbocycles. The average Bonchev–Trinajstić information content (AvgIpc) is 3.30. The summed E-state index contributed by atoms with van der Waals surface area (Å²) in [6.07, 6.45) is 0.379. The standard InChI is InChI=1S/C23H25BrN4O2/c1-3-26(4-2)22(30)15-28-20-12-8-6-10-18(20)25-23(28)16-13-21(29)27(14-16)19-11-7-5-9-17(19)24/h5-12,16H,3-4,13-15H2,1-2H3. The predicted molar refractivity (Wildman–Crippen MR) is 122 cm³/mol. The number of hydrogen-bond acceptors (Lipinski definition) is 3. The molecule has 1 unspecified atom stereocenters. The SMILES string of the molecule is CCN(CC)C(=O)Cn1c(C2CC(=O)N(c3ccccc3Br)C2)nc2ccccc21. The number of fused-ring (bicyclic) bond motifs is 1. The van der Waals surface area contributed by atoms with Gasteiger partial charge in [0.05, 0.1) is 16.7 Å². The minimum atomic E-state index is -0.0680. The van der Waals surface area contributed by atoms with Crippen LogP contribution in [0.1, 0.15) is 32.0 Å². The Kier molecular flexibility index (Phi) is 5.90. The molecule has 2 amide bonds. The largest absolute Gasteiger partial charge is 0.342 e. The van der Waals surface area contributed by atoms with Crippen LogP contribution in [0, 0.1) is 0 Å². The normalized spacial score (nSPS) is 16.4. The smallest absolute Gasteiger partial charge is 0.242 e. The van der Waals surface area contributed by atoms with Crippen molar-refractivity contribution in [3.8, 4) is 0 Å². The summed E-state index contributed by atoms with van der Waals surface area (Å²) >= 11 is 3.55. The lowest BCUT2D eigenvalue weighted by molar-refractivity contribution is -0.131. The number of nitrogens with zero attached hydrogens (tertiary/aromatic N) is 4. The van der Waals surface area contributed by atoms with E-state index in [0.717, 1.165) is 27.0 Å². The lowest BCUT2D eigenvalue weighted by atomic mass is 10.1. The van der Waals surface area contributed by atoms with Crippen molar-refractivity contribution < 1.29 is 9.59 Å². The molecule has 4 rings (SSSR count). The molecular weight excluding hydrogens is 444 g/mol. The van der Waals surface area contributed by atoms with Gasteiger partial charge in [-0.2, -0.15) is 0 Å². The molecule has 1 saturated heterocycles. The number of aromatic nitrogens is 2. The first-order chi connectivity index (χ1) is 14.5. The molecule has 2 heterocycles. The van der Waals surface area contributed by atoms with Gasteiger partial charge in [0.15, 0.2) is 0 Å². The van der Waals surface area contributed by atoms with Crippen molar-refractivity contribution in [2.75, 3.05) is 24.5 Å². The van der Waals surface area contributed by atoms with Crippen molar-refractivity contribution in [2.45, 2.75) is 32.7 Å². The number of amides is 2. The zero-order chi connectivity index (χ0) is 21.3. The van der Waals surface area contributed by atoms with Gasteiger partial charge in [0.2, 0.25) is 11.8 Å². The predicted octanol–water partition coefficient (Wildman–Crippen LogP) is 4.19. The van der Waals surface area contributed by atoms with Gasteiger partial charge in [-0.05, 0) is 54.0 Å². The molecule has 6 nitrogen and oxygen atoms in total. The van der Waals surface area contributed by atoms with Crippen LogP contribution in [0.2, 0.25) is 0 Å². The molecule has 1 aromatic heterocycles. The Balaban J connectivity index is 1.70. The number of carbonyl (C=O) groups is 2. The molecule has 0 bridgehead atoms. The van der Waals surface area contributed by atoms with Crippen LogP contribution in [0.25, 0.3) is 11.0 Å². The third-order valence-electron chi connectivity index (χ3n) is 5.73. The number of halogens is 1. The molecule has 1 aliphatic heterocycles. The van der Waals surface area contributed by atoms with Gasteiger partial charge in [-0.3, -0.25) is 9.59 Å². The van der Waals surface area contributed by atoms with E-state index in [1.54, 1.807) is 0 Å². The van der Waals surface area contributed by atoms with E-state index in [1.807, 2.05) is 76.7 Å². The second-order valence-corrected chi connectivity index (χ2v) is 8.32. The number of likely N-dealkylation sites (N-methyl/N-ethyl adjacent to an activating group) is 1. The quantitative estimate of drug-likeness (QED) is 0.544. The molecule has 0 saturated carbocycles. The third-order valence-corrected chi connectivity index (χ3v) is 6.40. The minimum Gasteiger partial charge on any atom is -0.342 e. The number of carbonyl (C=O) groups excluding carboxylic acids is 2. The Bertz CT molecular complexity index is 1090. The summed E-state index contributed by atoms with van der Waals surface area (Å²) in [4.78, 5) is 34.2. The molecule has 1 fully saturated rings. The Morgan fingerprint density at radius 1 is 1.13 bits per heavy atom. The Morgan fingerprint density at radius 3 is 2.57 bits per heavy atom. The summed E-state index contributed by atoms with van der Waals surface area (Å²) in [5.74, 6) is 0.873. The maximum atomic E-state index is 12.9. The van der Waals surface area contributed by atoms with E-state index in [0.29, 0.717) is 26.1 Å². The van der Waals surface area contributed by atoms with E-state index in [9.17, 15) is 9.59 Å². The fourth-order valence-electron chi connectivity index (χ4n) is 4.17. The van der Waals surface area contributed by atoms with Gasteiger partial charge in [0.1, 0.15) is 12.4 Å². The molecule has 0 N–H and O–H groups in total. The van der Waals surface area contributed by atoms with Crippen molar-refractivity contribution in [1.29, 1.82) is 0 Å². The summed E-state index contributed by atoms with van der Waals surface area (Å²) < 4.78 is 2.89. The summed E-state index contributed by atoms with van der Waals surface area (Å²) in [5.41, 5.74) is 2.65. The fraction of sp³-hybridized carbons (Fsp3) is 0.348. The van der Waals surface area contributed by atoms with Crippen LogP contribution in [0.3, 0.4) is 0 Å². The van der Waals surface area contributed by atoms with E-state index in [4.69, 9.17) is 4.98 Å². The van der Waals surface area contributed by atoms with Crippen molar-refractivity contribution in [1.82, 2.24) is 14.5 Å². The van der Waals surface area contributed by atoms with E-state index in [1.165, 1.54) is 0 Å². The van der Waals surface area contributed by atoms with Gasteiger partial charge >= 0.3 is 0 Å². The summed E-state index contributed by atoms with van der Waals surface area (Å²) in [5, 5.41) is 0. The first kappa shape index (κ1) is 20.6. The maximum absolute atomic E-state index is 12.9. The second kappa shape index (κ2) is 8.60. The van der Waals surface area contributed by atoms with Gasteiger partial charge in [0.25, 0.3) is 0 Å². The minimum absolute atomic E-state index is 0.0661. The van der Waals surface area contributed by atoms with Crippen molar-refractivity contribution in [3.63, 3.8) is 0 Å². The fourth-order valence-corrected chi connectivity index (χ4v) is 4.67. The van der Waals surface area contributed by atoms with Crippen LogP contribution in [0.4, 0.5) is 5.69 Å². The van der Waals surface area contributed by atoms with Crippen molar-refractivity contribution in [2.24, 2.45) is 0 Å². The topological polar surface area (TPSA) is 58.4 Å². The first-order valence-corrected chi connectivity index (χ1v) is 11.1. The molecule has 156 valence electrons. The van der Waals surface area contributed by atoms with Gasteiger partial charge in [-0.15, -0.1) is 0 Å². The summed E-state index contributed by atoms with van der Waals surface area (Å²) in [7, 11) is 0. The highest BCUT2D eigenvalue weighted by Crippen LogP contribution is 2.36. The molecule has 0 spiro atoms. The maximum Gasteiger partial charge on any atom is 0.242 e. The van der Waals surface area contributed by atoms with Crippen molar-refractivity contribution in [3.05, 3.63) is 58.8 Å². The molecule has 1 atom stereocenters. The number of rotatable bonds is 6. The van der Waals surface area contributed by atoms with E-state index in [2.05, 4.69) is 15.9 Å². The van der Waals surface area contributed by atoms with E-state index < -0.39 is 0 Å². The lowest BCUT2D eigenvalue weighted by Crippen LogP contribution is -2.34. The van der Waals surface area contributed by atoms with Gasteiger partial charge < -0.3 is 14.4 Å². The average molecular weight is 469 g/mol. The molecule has 0 aliphatic carbocycles. The lowest BCUT2D eigenvalue weighted by Gasteiger charge is -2.21. The van der Waals surface area contributed by atoms with Crippen LogP contribution in [0.15, 0.2) is 53.0 Å². The molecular formula is C23H25BrN4O2. The number of hydrogen-bond donors (Lipinski definition) is 0. The van der Waals surface area contributed by atoms with E-state index in [-0.39, 0.29) is 24.3 Å². The van der Waals surface area contributed by atoms with Crippen LogP contribution in [0.5, 0.6) is 0 Å². The monoisotopic (exact) mass is 468 g/mol. The summed E-state index contributed by atoms with van der Waals surface area (Å²) in [6.45, 7) is 6.10. The highest BCUT2D eigenvalue weighted by molar-refractivity contribution is 9.10. The number of anilines is 1. The van der Waals surface area contributed by atoms with Gasteiger partial charge in [-0.25, -0.2) is 4.98 Å². The molecule has 3 aromatic rings. The Labute approximate surface area is 184 Å². The van der Waals surface area contributed by atoms with Gasteiger partial charge in [0, 0.05) is 36.4 Å². The van der Waals surface area contributed by atoms with Gasteiger partial charge in [-0.1, -0.05) is 24.3 Å². The third kappa shape index (κ3) is 3.74. The molecule has 7 heteroatoms. The Hall–Kier alpha value is -2.67. The highest BCUT2D eigenvalue weighted by atomic mass is 79.9. The molecule has 1 aliphatic rings.